The van der Waals surface area contributed by atoms with Crippen LogP contribution in [0.5, 0.6) is 0 Å². The average Bonchev–Trinajstić information content (AvgIpc) is 2.75. The average molecular weight is 464 g/mol. The number of halogens is 1. The molecular weight excluding hydrogens is 438 g/mol. The molecule has 4 rings (SSSR count). The van der Waals surface area contributed by atoms with Gasteiger partial charge in [0.05, 0.1) is 23.2 Å². The molecule has 0 spiro atoms. The molecule has 2 aromatic carbocycles. The van der Waals surface area contributed by atoms with Crippen LogP contribution in [0.1, 0.15) is 43.7 Å². The van der Waals surface area contributed by atoms with Gasteiger partial charge in [-0.25, -0.2) is 0 Å². The second-order valence-corrected chi connectivity index (χ2v) is 10.4. The number of nitrogens with zero attached hydrogens (tertiary/aromatic N) is 2. The molecule has 4 nitrogen and oxygen atoms in total. The topological polar surface area (TPSA) is 70.1 Å². The van der Waals surface area contributed by atoms with Gasteiger partial charge in [-0.15, -0.1) is 11.8 Å². The standard InChI is InChI=1S/C26H26ClN3OS/c1-15-19(27)6-5-7-20(15)30-21-12-26(2,3)13-22(31)24(21)23(18(14-28)25(30)29)16-8-10-17(32-4)11-9-16/h5-11,23H,12-13,29H2,1-4H3. The van der Waals surface area contributed by atoms with E-state index in [0.29, 0.717) is 34.8 Å². The number of carbonyl (C=O) groups is 1. The van der Waals surface area contributed by atoms with Gasteiger partial charge in [0.25, 0.3) is 0 Å². The maximum absolute atomic E-state index is 13.6. The second-order valence-electron chi connectivity index (χ2n) is 9.14. The molecule has 0 saturated heterocycles. The molecule has 164 valence electrons. The van der Waals surface area contributed by atoms with Gasteiger partial charge in [0, 0.05) is 27.6 Å². The number of hydrogen-bond acceptors (Lipinski definition) is 5. The zero-order chi connectivity index (χ0) is 23.2. The lowest BCUT2D eigenvalue weighted by Gasteiger charge is -2.44. The molecule has 32 heavy (non-hydrogen) atoms. The van der Waals surface area contributed by atoms with Gasteiger partial charge in [0.1, 0.15) is 5.82 Å². The van der Waals surface area contributed by atoms with Crippen LogP contribution < -0.4 is 10.6 Å². The lowest BCUT2D eigenvalue weighted by Crippen LogP contribution is -2.42. The van der Waals surface area contributed by atoms with Crippen molar-refractivity contribution in [3.8, 4) is 6.07 Å². The Balaban J connectivity index is 2.00. The third kappa shape index (κ3) is 3.72. The summed E-state index contributed by atoms with van der Waals surface area (Å²) in [7, 11) is 0. The van der Waals surface area contributed by atoms with Crippen LogP contribution in [-0.4, -0.2) is 12.0 Å². The number of carbonyl (C=O) groups excluding carboxylic acids is 1. The van der Waals surface area contributed by atoms with E-state index >= 15 is 0 Å². The van der Waals surface area contributed by atoms with Crippen molar-refractivity contribution in [1.29, 1.82) is 5.26 Å². The first-order valence-corrected chi connectivity index (χ1v) is 12.1. The van der Waals surface area contributed by atoms with Crippen molar-refractivity contribution in [2.75, 3.05) is 11.2 Å². The minimum Gasteiger partial charge on any atom is -0.384 e. The molecule has 0 bridgehead atoms. The predicted molar refractivity (Wildman–Crippen MR) is 132 cm³/mol. The smallest absolute Gasteiger partial charge is 0.162 e. The number of anilines is 1. The molecule has 0 fully saturated rings. The van der Waals surface area contributed by atoms with E-state index in [9.17, 15) is 10.1 Å². The van der Waals surface area contributed by atoms with Crippen LogP contribution in [0.4, 0.5) is 5.69 Å². The molecule has 1 unspecified atom stereocenters. The van der Waals surface area contributed by atoms with Crippen molar-refractivity contribution < 1.29 is 4.79 Å². The Bertz CT molecular complexity index is 1200. The Kier molecular flexibility index (Phi) is 5.87. The highest BCUT2D eigenvalue weighted by Gasteiger charge is 2.44. The fraction of sp³-hybridized carbons (Fsp3) is 0.308. The molecule has 6 heteroatoms. The van der Waals surface area contributed by atoms with Gasteiger partial charge in [-0.3, -0.25) is 9.69 Å². The van der Waals surface area contributed by atoms with Gasteiger partial charge in [-0.2, -0.15) is 5.26 Å². The van der Waals surface area contributed by atoms with Gasteiger partial charge in [-0.05, 0) is 60.4 Å². The summed E-state index contributed by atoms with van der Waals surface area (Å²) < 4.78 is 0. The molecule has 1 aliphatic carbocycles. The first kappa shape index (κ1) is 22.5. The Morgan fingerprint density at radius 1 is 1.19 bits per heavy atom. The van der Waals surface area contributed by atoms with Crippen molar-refractivity contribution in [3.05, 3.63) is 81.3 Å². The Morgan fingerprint density at radius 3 is 2.50 bits per heavy atom. The molecule has 2 aromatic rings. The highest BCUT2D eigenvalue weighted by atomic mass is 35.5. The molecule has 0 saturated carbocycles. The summed E-state index contributed by atoms with van der Waals surface area (Å²) in [5.74, 6) is -0.0357. The maximum atomic E-state index is 13.6. The number of thioether (sulfide) groups is 1. The molecule has 1 aliphatic heterocycles. The zero-order valence-corrected chi connectivity index (χ0v) is 20.3. The first-order chi connectivity index (χ1) is 15.2. The van der Waals surface area contributed by atoms with Crippen LogP contribution in [0.25, 0.3) is 0 Å². The van der Waals surface area contributed by atoms with Gasteiger partial charge in [0.15, 0.2) is 5.78 Å². The Morgan fingerprint density at radius 2 is 1.88 bits per heavy atom. The predicted octanol–water partition coefficient (Wildman–Crippen LogP) is 6.31. The Hall–Kier alpha value is -2.68. The lowest BCUT2D eigenvalue weighted by atomic mass is 9.68. The summed E-state index contributed by atoms with van der Waals surface area (Å²) in [6.07, 6.45) is 3.14. The number of ketones is 1. The summed E-state index contributed by atoms with van der Waals surface area (Å²) in [4.78, 5) is 16.6. The van der Waals surface area contributed by atoms with E-state index in [1.807, 2.05) is 60.5 Å². The number of Topliss-reactive ketones (excluding diaryl/α,β-unsaturated/α-hetero) is 1. The first-order valence-electron chi connectivity index (χ1n) is 10.5. The second kappa shape index (κ2) is 8.35. The summed E-state index contributed by atoms with van der Waals surface area (Å²) in [6, 6.07) is 16.0. The van der Waals surface area contributed by atoms with E-state index < -0.39 is 5.92 Å². The SMILES string of the molecule is CSc1ccc(C2C(C#N)=C(N)N(c3cccc(Cl)c3C)C3=C2C(=O)CC(C)(C)C3)cc1. The summed E-state index contributed by atoms with van der Waals surface area (Å²) in [5.41, 5.74) is 11.0. The number of rotatable bonds is 3. The van der Waals surface area contributed by atoms with Gasteiger partial charge >= 0.3 is 0 Å². The van der Waals surface area contributed by atoms with Crippen LogP contribution in [0.2, 0.25) is 5.02 Å². The fourth-order valence-electron chi connectivity index (χ4n) is 4.75. The lowest BCUT2D eigenvalue weighted by molar-refractivity contribution is -0.118. The molecule has 0 radical (unpaired) electrons. The minimum absolute atomic E-state index is 0.0696. The third-order valence-corrected chi connectivity index (χ3v) is 7.46. The van der Waals surface area contributed by atoms with Crippen molar-refractivity contribution >= 4 is 34.8 Å². The van der Waals surface area contributed by atoms with Crippen LogP contribution in [0.3, 0.4) is 0 Å². The number of benzene rings is 2. The highest BCUT2D eigenvalue weighted by molar-refractivity contribution is 7.98. The van der Waals surface area contributed by atoms with E-state index in [1.165, 1.54) is 0 Å². The van der Waals surface area contributed by atoms with Gasteiger partial charge in [-0.1, -0.05) is 43.6 Å². The Labute approximate surface area is 198 Å². The molecule has 1 heterocycles. The van der Waals surface area contributed by atoms with Gasteiger partial charge in [0.2, 0.25) is 0 Å². The number of hydrogen-bond donors (Lipinski definition) is 1. The van der Waals surface area contributed by atoms with Gasteiger partial charge < -0.3 is 5.73 Å². The van der Waals surface area contributed by atoms with Crippen molar-refractivity contribution in [2.24, 2.45) is 11.1 Å². The summed E-state index contributed by atoms with van der Waals surface area (Å²) >= 11 is 8.08. The van der Waals surface area contributed by atoms with Crippen LogP contribution in [0, 0.1) is 23.7 Å². The van der Waals surface area contributed by atoms with E-state index in [2.05, 4.69) is 19.9 Å². The van der Waals surface area contributed by atoms with Crippen molar-refractivity contribution in [1.82, 2.24) is 0 Å². The van der Waals surface area contributed by atoms with Crippen LogP contribution >= 0.6 is 23.4 Å². The fourth-order valence-corrected chi connectivity index (χ4v) is 5.33. The van der Waals surface area contributed by atoms with Crippen molar-refractivity contribution in [2.45, 2.75) is 44.4 Å². The van der Waals surface area contributed by atoms with E-state index in [1.54, 1.807) is 11.8 Å². The van der Waals surface area contributed by atoms with E-state index in [-0.39, 0.29) is 11.2 Å². The van der Waals surface area contributed by atoms with Crippen LogP contribution in [0.15, 0.2) is 70.0 Å². The molecule has 1 atom stereocenters. The largest absolute Gasteiger partial charge is 0.384 e. The summed E-state index contributed by atoms with van der Waals surface area (Å²) in [5, 5.41) is 10.8. The minimum atomic E-state index is -0.467. The highest BCUT2D eigenvalue weighted by Crippen LogP contribution is 2.50. The molecule has 2 aliphatic rings. The normalized spacial score (nSPS) is 20.3. The van der Waals surface area contributed by atoms with Crippen LogP contribution in [-0.2, 0) is 4.79 Å². The quantitative estimate of drug-likeness (QED) is 0.540. The number of allylic oxidation sites excluding steroid dienone is 3. The van der Waals surface area contributed by atoms with E-state index in [4.69, 9.17) is 17.3 Å². The zero-order valence-electron chi connectivity index (χ0n) is 18.7. The molecule has 2 N–H and O–H groups in total. The van der Waals surface area contributed by atoms with E-state index in [0.717, 1.165) is 27.4 Å². The maximum Gasteiger partial charge on any atom is 0.162 e. The molecule has 0 amide bonds. The number of nitrogens with two attached hydrogens (primary N) is 1. The van der Waals surface area contributed by atoms with Crippen molar-refractivity contribution in [3.63, 3.8) is 0 Å². The summed E-state index contributed by atoms with van der Waals surface area (Å²) in [6.45, 7) is 6.12. The third-order valence-electron chi connectivity index (χ3n) is 6.31. The number of nitriles is 1. The molecular formula is C26H26ClN3OS. The molecule has 0 aromatic heterocycles. The monoisotopic (exact) mass is 463 g/mol.